The summed E-state index contributed by atoms with van der Waals surface area (Å²) in [6, 6.07) is 5.65. The average Bonchev–Trinajstić information content (AvgIpc) is 2.87. The predicted molar refractivity (Wildman–Crippen MR) is 92.2 cm³/mol. The molecule has 0 saturated heterocycles. The van der Waals surface area contributed by atoms with Crippen LogP contribution in [0.4, 0.5) is 4.79 Å². The molecule has 0 saturated carbocycles. The maximum Gasteiger partial charge on any atom is 0.410 e. The fourth-order valence-corrected chi connectivity index (χ4v) is 3.05. The molecule has 1 aromatic heterocycles. The summed E-state index contributed by atoms with van der Waals surface area (Å²) in [5.74, 6) is -0.0762. The molecule has 3 rings (SSSR count). The van der Waals surface area contributed by atoms with Gasteiger partial charge in [-0.25, -0.2) is 4.79 Å². The van der Waals surface area contributed by atoms with Crippen molar-refractivity contribution in [3.8, 4) is 0 Å². The van der Waals surface area contributed by atoms with Crippen LogP contribution >= 0.6 is 0 Å². The van der Waals surface area contributed by atoms with E-state index in [1.807, 2.05) is 45.2 Å². The molecule has 2 aromatic rings. The quantitative estimate of drug-likeness (QED) is 0.889. The molecule has 24 heavy (non-hydrogen) atoms. The smallest absolute Gasteiger partial charge is 0.410 e. The Hall–Kier alpha value is -2.50. The molecule has 1 aromatic carbocycles. The van der Waals surface area contributed by atoms with Crippen LogP contribution in [0.25, 0.3) is 10.9 Å². The number of likely N-dealkylation sites (N-methyl/N-ethyl adjacent to an activating group) is 1. The van der Waals surface area contributed by atoms with Crippen molar-refractivity contribution in [2.45, 2.75) is 32.3 Å². The van der Waals surface area contributed by atoms with Crippen molar-refractivity contribution in [2.75, 3.05) is 20.1 Å². The first-order valence-electron chi connectivity index (χ1n) is 8.08. The number of benzene rings is 1. The van der Waals surface area contributed by atoms with E-state index in [1.165, 1.54) is 0 Å². The lowest BCUT2D eigenvalue weighted by molar-refractivity contribution is 0.0289. The first kappa shape index (κ1) is 16.4. The molecule has 2 amide bonds. The highest BCUT2D eigenvalue weighted by molar-refractivity contribution is 6.08. The van der Waals surface area contributed by atoms with E-state index in [4.69, 9.17) is 4.74 Å². The number of hydrogen-bond donors (Lipinski definition) is 2. The van der Waals surface area contributed by atoms with Crippen molar-refractivity contribution in [1.82, 2.24) is 15.2 Å². The van der Waals surface area contributed by atoms with E-state index in [1.54, 1.807) is 11.9 Å². The van der Waals surface area contributed by atoms with E-state index < -0.39 is 5.60 Å². The summed E-state index contributed by atoms with van der Waals surface area (Å²) in [5, 5.41) is 3.89. The van der Waals surface area contributed by atoms with Gasteiger partial charge >= 0.3 is 6.09 Å². The first-order chi connectivity index (χ1) is 11.3. The summed E-state index contributed by atoms with van der Waals surface area (Å²) in [5.41, 5.74) is 2.13. The van der Waals surface area contributed by atoms with Gasteiger partial charge in [0.25, 0.3) is 5.91 Å². The van der Waals surface area contributed by atoms with E-state index in [-0.39, 0.29) is 17.9 Å². The van der Waals surface area contributed by atoms with Gasteiger partial charge in [0.1, 0.15) is 5.60 Å². The van der Waals surface area contributed by atoms with Crippen LogP contribution in [-0.2, 0) is 4.74 Å². The maximum absolute atomic E-state index is 12.3. The van der Waals surface area contributed by atoms with E-state index in [9.17, 15) is 9.59 Å². The number of rotatable bonds is 2. The number of aromatic amines is 1. The Labute approximate surface area is 141 Å². The van der Waals surface area contributed by atoms with Gasteiger partial charge in [-0.2, -0.15) is 0 Å². The molecule has 128 valence electrons. The predicted octanol–water partition coefficient (Wildman–Crippen LogP) is 2.86. The van der Waals surface area contributed by atoms with Gasteiger partial charge in [-0.1, -0.05) is 6.07 Å². The molecule has 0 radical (unpaired) electrons. The van der Waals surface area contributed by atoms with Gasteiger partial charge in [-0.15, -0.1) is 0 Å². The summed E-state index contributed by atoms with van der Waals surface area (Å²) in [6.07, 6.45) is 1.57. The molecule has 2 heterocycles. The third kappa shape index (κ3) is 3.09. The van der Waals surface area contributed by atoms with Gasteiger partial charge in [0, 0.05) is 48.7 Å². The fourth-order valence-electron chi connectivity index (χ4n) is 3.05. The maximum atomic E-state index is 12.3. The number of ether oxygens (including phenoxy) is 1. The van der Waals surface area contributed by atoms with Gasteiger partial charge in [-0.05, 0) is 38.5 Å². The molecule has 2 N–H and O–H groups in total. The summed E-state index contributed by atoms with van der Waals surface area (Å²) in [7, 11) is 1.72. The molecule has 1 unspecified atom stereocenters. The number of hydrogen-bond acceptors (Lipinski definition) is 3. The minimum Gasteiger partial charge on any atom is -0.444 e. The Morgan fingerprint density at radius 2 is 2.12 bits per heavy atom. The van der Waals surface area contributed by atoms with Gasteiger partial charge in [0.05, 0.1) is 0 Å². The van der Waals surface area contributed by atoms with Crippen LogP contribution in [0.3, 0.4) is 0 Å². The Bertz CT molecular complexity index is 788. The van der Waals surface area contributed by atoms with Crippen LogP contribution in [0.5, 0.6) is 0 Å². The minimum atomic E-state index is -0.531. The van der Waals surface area contributed by atoms with Gasteiger partial charge < -0.3 is 19.9 Å². The van der Waals surface area contributed by atoms with Crippen LogP contribution in [-0.4, -0.2) is 47.6 Å². The Balaban J connectivity index is 1.87. The lowest BCUT2D eigenvalue weighted by atomic mass is 9.97. The molecule has 6 heteroatoms. The highest BCUT2D eigenvalue weighted by Gasteiger charge is 2.28. The van der Waals surface area contributed by atoms with Crippen LogP contribution < -0.4 is 5.32 Å². The zero-order chi connectivity index (χ0) is 17.5. The third-order valence-corrected chi connectivity index (χ3v) is 4.13. The molecule has 0 spiro atoms. The SMILES string of the molecule is CN(CC1CNC(=O)c2cccc3[nH]cc1c23)C(=O)OC(C)(C)C. The fraction of sp³-hybridized carbons (Fsp3) is 0.444. The molecule has 0 fully saturated rings. The van der Waals surface area contributed by atoms with Gasteiger partial charge in [-0.3, -0.25) is 4.79 Å². The number of H-pyrrole nitrogens is 1. The number of nitrogens with zero attached hydrogens (tertiary/aromatic N) is 1. The molecule has 1 atom stereocenters. The summed E-state index contributed by atoms with van der Waals surface area (Å²) in [4.78, 5) is 29.3. The van der Waals surface area contributed by atoms with E-state index in [0.29, 0.717) is 18.7 Å². The number of nitrogens with one attached hydrogen (secondary N) is 2. The van der Waals surface area contributed by atoms with Crippen molar-refractivity contribution in [2.24, 2.45) is 0 Å². The number of carbonyl (C=O) groups is 2. The molecular formula is C18H23N3O3. The Kier molecular flexibility index (Phi) is 3.99. The Morgan fingerprint density at radius 3 is 2.83 bits per heavy atom. The summed E-state index contributed by atoms with van der Waals surface area (Å²) < 4.78 is 5.41. The van der Waals surface area contributed by atoms with Crippen LogP contribution in [0.2, 0.25) is 0 Å². The number of carbonyl (C=O) groups excluding carboxylic acids is 2. The zero-order valence-electron chi connectivity index (χ0n) is 14.5. The molecular weight excluding hydrogens is 306 g/mol. The highest BCUT2D eigenvalue weighted by atomic mass is 16.6. The number of aromatic nitrogens is 1. The second-order valence-electron chi connectivity index (χ2n) is 7.24. The van der Waals surface area contributed by atoms with Crippen molar-refractivity contribution in [3.63, 3.8) is 0 Å². The van der Waals surface area contributed by atoms with Crippen molar-refractivity contribution < 1.29 is 14.3 Å². The highest BCUT2D eigenvalue weighted by Crippen LogP contribution is 2.31. The molecule has 1 aliphatic heterocycles. The molecule has 6 nitrogen and oxygen atoms in total. The number of amides is 2. The average molecular weight is 329 g/mol. The van der Waals surface area contributed by atoms with Crippen molar-refractivity contribution >= 4 is 22.9 Å². The molecule has 1 aliphatic rings. The van der Waals surface area contributed by atoms with Gasteiger partial charge in [0.15, 0.2) is 0 Å². The molecule has 0 bridgehead atoms. The largest absolute Gasteiger partial charge is 0.444 e. The first-order valence-corrected chi connectivity index (χ1v) is 8.08. The van der Waals surface area contributed by atoms with Crippen LogP contribution in [0.15, 0.2) is 24.4 Å². The zero-order valence-corrected chi connectivity index (χ0v) is 14.5. The molecule has 0 aliphatic carbocycles. The summed E-state index contributed by atoms with van der Waals surface area (Å²) >= 11 is 0. The van der Waals surface area contributed by atoms with Crippen LogP contribution in [0, 0.1) is 0 Å². The van der Waals surface area contributed by atoms with Crippen molar-refractivity contribution in [1.29, 1.82) is 0 Å². The van der Waals surface area contributed by atoms with E-state index in [2.05, 4.69) is 10.3 Å². The van der Waals surface area contributed by atoms with Crippen LogP contribution in [0.1, 0.15) is 42.6 Å². The minimum absolute atomic E-state index is 0.00358. The lowest BCUT2D eigenvalue weighted by Gasteiger charge is -2.27. The standard InChI is InChI=1S/C18H23N3O3/c1-18(2,3)24-17(23)21(4)10-11-8-20-16(22)12-6-5-7-14-15(12)13(11)9-19-14/h5-7,9,11,19H,8,10H2,1-4H3,(H,20,22). The lowest BCUT2D eigenvalue weighted by Crippen LogP contribution is -2.38. The van der Waals surface area contributed by atoms with E-state index >= 15 is 0 Å². The van der Waals surface area contributed by atoms with Gasteiger partial charge in [0.2, 0.25) is 0 Å². The Morgan fingerprint density at radius 1 is 1.38 bits per heavy atom. The summed E-state index contributed by atoms with van der Waals surface area (Å²) in [6.45, 7) is 6.48. The second-order valence-corrected chi connectivity index (χ2v) is 7.24. The van der Waals surface area contributed by atoms with E-state index in [0.717, 1.165) is 16.5 Å². The van der Waals surface area contributed by atoms with Crippen molar-refractivity contribution in [3.05, 3.63) is 35.5 Å². The normalized spacial score (nSPS) is 17.3. The second kappa shape index (κ2) is 5.85. The monoisotopic (exact) mass is 329 g/mol. The topological polar surface area (TPSA) is 74.4 Å². The third-order valence-electron chi connectivity index (χ3n) is 4.13.